The summed E-state index contributed by atoms with van der Waals surface area (Å²) in [6.45, 7) is 3.05. The number of nitrogens with one attached hydrogen (secondary N) is 1. The predicted octanol–water partition coefficient (Wildman–Crippen LogP) is 3.79. The van der Waals surface area contributed by atoms with Gasteiger partial charge in [0.05, 0.1) is 6.61 Å². The fourth-order valence-electron chi connectivity index (χ4n) is 2.94. The van der Waals surface area contributed by atoms with Crippen LogP contribution in [0.15, 0.2) is 60.7 Å². The summed E-state index contributed by atoms with van der Waals surface area (Å²) in [6, 6.07) is 21.0. The van der Waals surface area contributed by atoms with Gasteiger partial charge in [0, 0.05) is 6.54 Å². The summed E-state index contributed by atoms with van der Waals surface area (Å²) in [5.41, 5.74) is 2.46. The molecule has 1 aliphatic rings. The molecule has 0 aliphatic carbocycles. The van der Waals surface area contributed by atoms with E-state index in [2.05, 4.69) is 66.0 Å². The summed E-state index contributed by atoms with van der Waals surface area (Å²) >= 11 is 0. The zero-order valence-electron chi connectivity index (χ0n) is 12.4. The minimum atomic E-state index is 0.0364. The highest BCUT2D eigenvalue weighted by Gasteiger charge is 2.18. The van der Waals surface area contributed by atoms with E-state index in [1.807, 2.05) is 0 Å². The first-order chi connectivity index (χ1) is 10.4. The quantitative estimate of drug-likeness (QED) is 0.900. The molecule has 1 unspecified atom stereocenters. The molecule has 1 aliphatic heterocycles. The predicted molar refractivity (Wildman–Crippen MR) is 86.3 cm³/mol. The number of piperidine rings is 1. The van der Waals surface area contributed by atoms with Gasteiger partial charge in [-0.3, -0.25) is 0 Å². The van der Waals surface area contributed by atoms with Crippen molar-refractivity contribution < 1.29 is 4.74 Å². The molecular formula is C19H23NO. The fraction of sp³-hybridized carbons (Fsp3) is 0.368. The van der Waals surface area contributed by atoms with Gasteiger partial charge >= 0.3 is 0 Å². The van der Waals surface area contributed by atoms with E-state index >= 15 is 0 Å². The van der Waals surface area contributed by atoms with Crippen molar-refractivity contribution in [3.8, 4) is 0 Å². The molecule has 0 spiro atoms. The maximum atomic E-state index is 6.31. The van der Waals surface area contributed by atoms with E-state index in [-0.39, 0.29) is 6.10 Å². The van der Waals surface area contributed by atoms with Crippen LogP contribution in [-0.4, -0.2) is 19.7 Å². The lowest BCUT2D eigenvalue weighted by Crippen LogP contribution is -2.32. The Labute approximate surface area is 127 Å². The number of ether oxygens (including phenoxy) is 1. The molecule has 2 nitrogen and oxygen atoms in total. The molecule has 3 rings (SSSR count). The van der Waals surface area contributed by atoms with E-state index in [4.69, 9.17) is 4.74 Å². The highest BCUT2D eigenvalue weighted by molar-refractivity contribution is 5.29. The lowest BCUT2D eigenvalue weighted by molar-refractivity contribution is 0.0455. The molecule has 0 bridgehead atoms. The molecule has 0 aromatic heterocycles. The van der Waals surface area contributed by atoms with Gasteiger partial charge < -0.3 is 10.1 Å². The van der Waals surface area contributed by atoms with Crippen LogP contribution in [-0.2, 0) is 4.74 Å². The summed E-state index contributed by atoms with van der Waals surface area (Å²) in [4.78, 5) is 0. The Hall–Kier alpha value is -1.64. The molecule has 2 aromatic rings. The van der Waals surface area contributed by atoms with Crippen LogP contribution in [0.2, 0.25) is 0 Å². The van der Waals surface area contributed by atoms with Crippen LogP contribution < -0.4 is 5.32 Å². The summed E-state index contributed by atoms with van der Waals surface area (Å²) in [6.07, 6.45) is 2.56. The van der Waals surface area contributed by atoms with Gasteiger partial charge in [-0.05, 0) is 36.4 Å². The molecule has 2 aromatic carbocycles. The Morgan fingerprint density at radius 1 is 0.952 bits per heavy atom. The second kappa shape index (κ2) is 7.39. The highest BCUT2D eigenvalue weighted by atomic mass is 16.5. The van der Waals surface area contributed by atoms with Crippen LogP contribution >= 0.6 is 0 Å². The number of rotatable bonds is 5. The molecule has 0 saturated carbocycles. The van der Waals surface area contributed by atoms with Crippen LogP contribution in [0.1, 0.15) is 30.1 Å². The zero-order chi connectivity index (χ0) is 14.3. The maximum absolute atomic E-state index is 6.31. The molecule has 2 heteroatoms. The summed E-state index contributed by atoms with van der Waals surface area (Å²) in [5, 5.41) is 3.46. The Balaban J connectivity index is 1.73. The average molecular weight is 281 g/mol. The first-order valence-corrected chi connectivity index (χ1v) is 7.85. The van der Waals surface area contributed by atoms with Gasteiger partial charge in [0.25, 0.3) is 0 Å². The summed E-state index contributed by atoms with van der Waals surface area (Å²) < 4.78 is 6.31. The van der Waals surface area contributed by atoms with E-state index in [1.165, 1.54) is 24.0 Å². The van der Waals surface area contributed by atoms with Crippen molar-refractivity contribution in [1.29, 1.82) is 0 Å². The van der Waals surface area contributed by atoms with Gasteiger partial charge in [-0.15, -0.1) is 0 Å². The standard InChI is InChI=1S/C19H23NO/c1-3-9-17(10-4-1)19(18-11-5-2-6-12-18)21-15-16-8-7-13-20-14-16/h1-6,9-12,16,19-20H,7-8,13-15H2. The van der Waals surface area contributed by atoms with Crippen LogP contribution in [0.25, 0.3) is 0 Å². The Bertz CT molecular complexity index is 480. The van der Waals surface area contributed by atoms with Crippen LogP contribution in [0.5, 0.6) is 0 Å². The van der Waals surface area contributed by atoms with Gasteiger partial charge in [0.2, 0.25) is 0 Å². The first-order valence-electron chi connectivity index (χ1n) is 7.85. The normalized spacial score (nSPS) is 18.8. The van der Waals surface area contributed by atoms with Crippen molar-refractivity contribution in [1.82, 2.24) is 5.32 Å². The number of benzene rings is 2. The second-order valence-corrected chi connectivity index (χ2v) is 5.75. The Morgan fingerprint density at radius 2 is 1.57 bits per heavy atom. The van der Waals surface area contributed by atoms with E-state index in [9.17, 15) is 0 Å². The summed E-state index contributed by atoms with van der Waals surface area (Å²) in [7, 11) is 0. The molecule has 1 N–H and O–H groups in total. The third kappa shape index (κ3) is 3.93. The number of hydrogen-bond donors (Lipinski definition) is 1. The Kier molecular flexibility index (Phi) is 5.03. The lowest BCUT2D eigenvalue weighted by atomic mass is 9.99. The monoisotopic (exact) mass is 281 g/mol. The smallest absolute Gasteiger partial charge is 0.108 e. The molecule has 1 saturated heterocycles. The molecule has 21 heavy (non-hydrogen) atoms. The third-order valence-electron chi connectivity index (χ3n) is 4.10. The lowest BCUT2D eigenvalue weighted by Gasteiger charge is -2.26. The van der Waals surface area contributed by atoms with E-state index in [0.717, 1.165) is 19.7 Å². The average Bonchev–Trinajstić information content (AvgIpc) is 2.58. The number of hydrogen-bond acceptors (Lipinski definition) is 2. The first kappa shape index (κ1) is 14.3. The van der Waals surface area contributed by atoms with E-state index in [0.29, 0.717) is 5.92 Å². The minimum absolute atomic E-state index is 0.0364. The van der Waals surface area contributed by atoms with Crippen LogP contribution in [0, 0.1) is 5.92 Å². The minimum Gasteiger partial charge on any atom is -0.368 e. The summed E-state index contributed by atoms with van der Waals surface area (Å²) in [5.74, 6) is 0.633. The molecule has 1 fully saturated rings. The second-order valence-electron chi connectivity index (χ2n) is 5.75. The van der Waals surface area contributed by atoms with Crippen molar-refractivity contribution in [3.63, 3.8) is 0 Å². The third-order valence-corrected chi connectivity index (χ3v) is 4.10. The van der Waals surface area contributed by atoms with Crippen molar-refractivity contribution in [2.45, 2.75) is 18.9 Å². The van der Waals surface area contributed by atoms with Crippen molar-refractivity contribution >= 4 is 0 Å². The fourth-order valence-corrected chi connectivity index (χ4v) is 2.94. The van der Waals surface area contributed by atoms with Crippen molar-refractivity contribution in [2.75, 3.05) is 19.7 Å². The molecular weight excluding hydrogens is 258 g/mol. The molecule has 0 amide bonds. The Morgan fingerprint density at radius 3 is 2.10 bits per heavy atom. The van der Waals surface area contributed by atoms with Gasteiger partial charge in [-0.1, -0.05) is 60.7 Å². The van der Waals surface area contributed by atoms with Gasteiger partial charge in [0.15, 0.2) is 0 Å². The largest absolute Gasteiger partial charge is 0.368 e. The van der Waals surface area contributed by atoms with Crippen LogP contribution in [0.3, 0.4) is 0 Å². The molecule has 110 valence electrons. The van der Waals surface area contributed by atoms with E-state index in [1.54, 1.807) is 0 Å². The van der Waals surface area contributed by atoms with Gasteiger partial charge in [0.1, 0.15) is 6.10 Å². The maximum Gasteiger partial charge on any atom is 0.108 e. The SMILES string of the molecule is c1ccc(C(OCC2CCCNC2)c2ccccc2)cc1. The highest BCUT2D eigenvalue weighted by Crippen LogP contribution is 2.27. The molecule has 0 radical (unpaired) electrons. The topological polar surface area (TPSA) is 21.3 Å². The van der Waals surface area contributed by atoms with Crippen LogP contribution in [0.4, 0.5) is 0 Å². The van der Waals surface area contributed by atoms with E-state index < -0.39 is 0 Å². The van der Waals surface area contributed by atoms with Gasteiger partial charge in [-0.2, -0.15) is 0 Å². The van der Waals surface area contributed by atoms with Crippen molar-refractivity contribution in [3.05, 3.63) is 71.8 Å². The zero-order valence-corrected chi connectivity index (χ0v) is 12.4. The molecule has 1 atom stereocenters. The van der Waals surface area contributed by atoms with Crippen molar-refractivity contribution in [2.24, 2.45) is 5.92 Å². The van der Waals surface area contributed by atoms with Gasteiger partial charge in [-0.25, -0.2) is 0 Å². The molecule has 1 heterocycles.